The molecule has 2 aromatic rings. The topological polar surface area (TPSA) is 94.3 Å². The second kappa shape index (κ2) is 8.82. The fourth-order valence-electron chi connectivity index (χ4n) is 4.47. The molecular weight excluding hydrogens is 410 g/mol. The average Bonchev–Trinajstić information content (AvgIpc) is 3.19. The van der Waals surface area contributed by atoms with Crippen LogP contribution in [0.15, 0.2) is 59.3 Å². The smallest absolute Gasteiger partial charge is 0.332 e. The summed E-state index contributed by atoms with van der Waals surface area (Å²) >= 11 is 0. The van der Waals surface area contributed by atoms with Gasteiger partial charge < -0.3 is 9.47 Å². The van der Waals surface area contributed by atoms with E-state index < -0.39 is 10.9 Å². The number of hydrogen-bond donors (Lipinski definition) is 0. The number of hydrazone groups is 1. The summed E-state index contributed by atoms with van der Waals surface area (Å²) in [7, 11) is 1.65. The summed E-state index contributed by atoms with van der Waals surface area (Å²) in [5.74, 6) is 0.471. The van der Waals surface area contributed by atoms with E-state index in [-0.39, 0.29) is 17.6 Å². The molecule has 1 heterocycles. The first kappa shape index (κ1) is 21.5. The van der Waals surface area contributed by atoms with Crippen LogP contribution in [-0.4, -0.2) is 35.3 Å². The van der Waals surface area contributed by atoms with Crippen LogP contribution in [0.25, 0.3) is 0 Å². The van der Waals surface area contributed by atoms with Crippen LogP contribution < -0.4 is 4.74 Å². The molecule has 0 fully saturated rings. The minimum absolute atomic E-state index is 0.0410. The zero-order chi connectivity index (χ0) is 22.8. The van der Waals surface area contributed by atoms with E-state index in [4.69, 9.17) is 14.6 Å². The minimum atomic E-state index is -0.423. The van der Waals surface area contributed by atoms with Crippen LogP contribution in [0.4, 0.5) is 5.69 Å². The molecule has 2 aromatic carbocycles. The van der Waals surface area contributed by atoms with Gasteiger partial charge in [0, 0.05) is 35.4 Å². The number of aryl methyl sites for hydroxylation is 1. The van der Waals surface area contributed by atoms with Gasteiger partial charge in [0.1, 0.15) is 5.75 Å². The Morgan fingerprint density at radius 3 is 2.69 bits per heavy atom. The van der Waals surface area contributed by atoms with Crippen LogP contribution in [-0.2, 0) is 16.0 Å². The highest BCUT2D eigenvalue weighted by Gasteiger charge is 2.42. The molecule has 0 radical (unpaired) electrons. The van der Waals surface area contributed by atoms with Crippen molar-refractivity contribution < 1.29 is 19.2 Å². The monoisotopic (exact) mass is 435 g/mol. The van der Waals surface area contributed by atoms with Crippen molar-refractivity contribution >= 4 is 17.4 Å². The predicted octanol–water partition coefficient (Wildman–Crippen LogP) is 4.39. The van der Waals surface area contributed by atoms with Crippen molar-refractivity contribution in [2.75, 3.05) is 13.7 Å². The number of nitro groups is 1. The fraction of sp³-hybridized carbons (Fsp3) is 0.333. The second-order valence-corrected chi connectivity index (χ2v) is 7.83. The molecule has 1 aliphatic carbocycles. The zero-order valence-corrected chi connectivity index (χ0v) is 18.3. The number of hydrogen-bond acceptors (Lipinski definition) is 7. The number of carbonyl (C=O) groups excluding carboxylic acids is 1. The summed E-state index contributed by atoms with van der Waals surface area (Å²) < 4.78 is 10.4. The Labute approximate surface area is 186 Å². The molecule has 4 rings (SSSR count). The number of rotatable bonds is 6. The van der Waals surface area contributed by atoms with Crippen molar-refractivity contribution in [3.63, 3.8) is 0 Å². The molecule has 0 spiro atoms. The highest BCUT2D eigenvalue weighted by atomic mass is 16.6. The molecule has 0 bridgehead atoms. The third kappa shape index (κ3) is 3.95. The van der Waals surface area contributed by atoms with Gasteiger partial charge in [0.25, 0.3) is 5.69 Å². The number of allylic oxidation sites excluding steroid dienone is 1. The van der Waals surface area contributed by atoms with Gasteiger partial charge in [-0.3, -0.25) is 15.1 Å². The fourth-order valence-corrected chi connectivity index (χ4v) is 4.47. The highest BCUT2D eigenvalue weighted by molar-refractivity contribution is 6.06. The maximum Gasteiger partial charge on any atom is 0.332 e. The maximum atomic E-state index is 12.1. The van der Waals surface area contributed by atoms with Gasteiger partial charge in [-0.15, -0.1) is 0 Å². The van der Waals surface area contributed by atoms with E-state index in [0.717, 1.165) is 35.4 Å². The summed E-state index contributed by atoms with van der Waals surface area (Å²) in [6.07, 6.45) is 3.18. The lowest BCUT2D eigenvalue weighted by Crippen LogP contribution is -2.28. The van der Waals surface area contributed by atoms with Gasteiger partial charge in [0.05, 0.1) is 30.4 Å². The van der Waals surface area contributed by atoms with Gasteiger partial charge in [-0.05, 0) is 56.0 Å². The van der Waals surface area contributed by atoms with Crippen LogP contribution in [0.5, 0.6) is 5.75 Å². The van der Waals surface area contributed by atoms with Crippen molar-refractivity contribution in [1.29, 1.82) is 0 Å². The number of non-ortho nitro benzene ring substituents is 1. The van der Waals surface area contributed by atoms with Gasteiger partial charge in [0.2, 0.25) is 0 Å². The van der Waals surface area contributed by atoms with E-state index in [1.807, 2.05) is 30.1 Å². The number of nitro benzene ring substituents is 1. The number of methoxy groups -OCH3 is 1. The van der Waals surface area contributed by atoms with Gasteiger partial charge in [-0.1, -0.05) is 12.1 Å². The maximum absolute atomic E-state index is 12.1. The first-order valence-electron chi connectivity index (χ1n) is 10.6. The van der Waals surface area contributed by atoms with Crippen molar-refractivity contribution in [3.8, 4) is 5.75 Å². The lowest BCUT2D eigenvalue weighted by molar-refractivity contribution is -0.384. The Kier molecular flexibility index (Phi) is 5.94. The molecule has 1 aliphatic heterocycles. The third-order valence-electron chi connectivity index (χ3n) is 5.94. The number of benzene rings is 2. The number of fused-ring (bicyclic) bond motifs is 3. The first-order chi connectivity index (χ1) is 15.4. The van der Waals surface area contributed by atoms with Crippen molar-refractivity contribution in [3.05, 3.63) is 81.0 Å². The van der Waals surface area contributed by atoms with Gasteiger partial charge in [-0.2, -0.15) is 5.10 Å². The van der Waals surface area contributed by atoms with Crippen molar-refractivity contribution in [2.24, 2.45) is 11.0 Å². The normalized spacial score (nSPS) is 19.7. The number of nitrogens with zero attached hydrogens (tertiary/aromatic N) is 3. The summed E-state index contributed by atoms with van der Waals surface area (Å²) in [5.41, 5.74) is 4.81. The van der Waals surface area contributed by atoms with Crippen LogP contribution >= 0.6 is 0 Å². The second-order valence-electron chi connectivity index (χ2n) is 7.83. The Balaban J connectivity index is 1.77. The Hall–Kier alpha value is -3.68. The third-order valence-corrected chi connectivity index (χ3v) is 5.94. The van der Waals surface area contributed by atoms with Gasteiger partial charge >= 0.3 is 5.97 Å². The number of ether oxygens (including phenoxy) is 2. The largest absolute Gasteiger partial charge is 0.497 e. The van der Waals surface area contributed by atoms with Crippen LogP contribution in [0.1, 0.15) is 43.0 Å². The Bertz CT molecular complexity index is 1110. The molecule has 2 aliphatic rings. The van der Waals surface area contributed by atoms with Crippen LogP contribution in [0.3, 0.4) is 0 Å². The molecule has 0 saturated carbocycles. The average molecular weight is 435 g/mol. The minimum Gasteiger partial charge on any atom is -0.497 e. The van der Waals surface area contributed by atoms with E-state index in [0.29, 0.717) is 12.3 Å². The van der Waals surface area contributed by atoms with Gasteiger partial charge in [-0.25, -0.2) is 4.79 Å². The number of carbonyl (C=O) groups is 1. The summed E-state index contributed by atoms with van der Waals surface area (Å²) in [5, 5.41) is 17.9. The highest BCUT2D eigenvalue weighted by Crippen LogP contribution is 2.45. The standard InChI is InChI=1S/C24H25N3O5/c1-4-32-22(28)13-15(2)26-24(16-5-8-18(9-6-16)27(29)30)21-11-7-17-14-19(31-3)10-12-20(17)23(21)25-26/h5-6,8-10,12-14,21,24H,4,7,11H2,1-3H3/b15-13+/t21-,24+/m1/s1. The van der Waals surface area contributed by atoms with E-state index in [9.17, 15) is 14.9 Å². The summed E-state index contributed by atoms with van der Waals surface area (Å²) in [4.78, 5) is 22.8. The molecule has 0 aromatic heterocycles. The Morgan fingerprint density at radius 1 is 1.28 bits per heavy atom. The SMILES string of the molecule is CCOC(=O)/C=C(\C)N1N=C2c3ccc(OC)cc3CC[C@H]2[C@@H]1c1ccc([N+](=O)[O-])cc1. The quantitative estimate of drug-likeness (QED) is 0.289. The summed E-state index contributed by atoms with van der Waals surface area (Å²) in [6, 6.07) is 12.4. The lowest BCUT2D eigenvalue weighted by Gasteiger charge is -2.31. The molecule has 32 heavy (non-hydrogen) atoms. The van der Waals surface area contributed by atoms with Crippen molar-refractivity contribution in [1.82, 2.24) is 5.01 Å². The molecule has 166 valence electrons. The molecule has 0 unspecified atom stereocenters. The zero-order valence-electron chi connectivity index (χ0n) is 18.3. The molecule has 2 atom stereocenters. The van der Waals surface area contributed by atoms with E-state index in [1.165, 1.54) is 23.8 Å². The van der Waals surface area contributed by atoms with Crippen LogP contribution in [0, 0.1) is 16.0 Å². The Morgan fingerprint density at radius 2 is 2.03 bits per heavy atom. The molecule has 0 N–H and O–H groups in total. The number of esters is 1. The van der Waals surface area contributed by atoms with E-state index in [2.05, 4.69) is 0 Å². The molecule has 0 saturated heterocycles. The first-order valence-corrected chi connectivity index (χ1v) is 10.6. The molecule has 8 heteroatoms. The predicted molar refractivity (Wildman–Crippen MR) is 119 cm³/mol. The molecular formula is C24H25N3O5. The molecule has 0 amide bonds. The van der Waals surface area contributed by atoms with Crippen molar-refractivity contribution in [2.45, 2.75) is 32.7 Å². The molecule has 8 nitrogen and oxygen atoms in total. The van der Waals surface area contributed by atoms with Gasteiger partial charge in [0.15, 0.2) is 0 Å². The van der Waals surface area contributed by atoms with Crippen LogP contribution in [0.2, 0.25) is 0 Å². The summed E-state index contributed by atoms with van der Waals surface area (Å²) in [6.45, 7) is 3.88. The lowest BCUT2D eigenvalue weighted by atomic mass is 9.77. The van der Waals surface area contributed by atoms with E-state index >= 15 is 0 Å². The van der Waals surface area contributed by atoms with E-state index in [1.54, 1.807) is 26.2 Å².